The van der Waals surface area contributed by atoms with Gasteiger partial charge in [-0.1, -0.05) is 35.4 Å². The van der Waals surface area contributed by atoms with E-state index >= 15 is 0 Å². The van der Waals surface area contributed by atoms with Crippen molar-refractivity contribution in [1.29, 1.82) is 0 Å². The van der Waals surface area contributed by atoms with E-state index in [1.807, 2.05) is 0 Å². The summed E-state index contributed by atoms with van der Waals surface area (Å²) in [5, 5.41) is 0.471. The molecule has 0 radical (unpaired) electrons. The molecule has 0 bridgehead atoms. The standard InChI is InChI=1S/C17H19ClN2O/c1-11-4-5-13(12(2)6-11)10-20(3)17(21)14-7-15(18)9-16(19)8-14/h4-9H,10,19H2,1-3H3. The highest BCUT2D eigenvalue weighted by Gasteiger charge is 2.14. The second-order valence-electron chi connectivity index (χ2n) is 5.36. The van der Waals surface area contributed by atoms with E-state index in [0.29, 0.717) is 22.8 Å². The number of hydrogen-bond acceptors (Lipinski definition) is 2. The molecule has 0 aromatic heterocycles. The fraction of sp³-hybridized carbons (Fsp3) is 0.235. The first-order valence-electron chi connectivity index (χ1n) is 6.74. The van der Waals surface area contributed by atoms with Crippen LogP contribution in [0.1, 0.15) is 27.0 Å². The van der Waals surface area contributed by atoms with Gasteiger partial charge in [-0.05, 0) is 43.2 Å². The molecule has 2 N–H and O–H groups in total. The fourth-order valence-electron chi connectivity index (χ4n) is 2.31. The number of aryl methyl sites for hydroxylation is 2. The number of rotatable bonds is 3. The highest BCUT2D eigenvalue weighted by atomic mass is 35.5. The van der Waals surface area contributed by atoms with E-state index < -0.39 is 0 Å². The fourth-order valence-corrected chi connectivity index (χ4v) is 2.55. The van der Waals surface area contributed by atoms with E-state index in [-0.39, 0.29) is 5.91 Å². The minimum absolute atomic E-state index is 0.0934. The van der Waals surface area contributed by atoms with Crippen molar-refractivity contribution in [2.24, 2.45) is 0 Å². The molecule has 1 amide bonds. The normalized spacial score (nSPS) is 10.5. The van der Waals surface area contributed by atoms with Gasteiger partial charge in [-0.15, -0.1) is 0 Å². The first-order valence-corrected chi connectivity index (χ1v) is 7.12. The molecule has 110 valence electrons. The van der Waals surface area contributed by atoms with Crippen molar-refractivity contribution in [1.82, 2.24) is 4.90 Å². The lowest BCUT2D eigenvalue weighted by Gasteiger charge is -2.19. The SMILES string of the molecule is Cc1ccc(CN(C)C(=O)c2cc(N)cc(Cl)c2)c(C)c1. The van der Waals surface area contributed by atoms with Gasteiger partial charge in [0.05, 0.1) is 0 Å². The lowest BCUT2D eigenvalue weighted by atomic mass is 10.1. The van der Waals surface area contributed by atoms with E-state index in [4.69, 9.17) is 17.3 Å². The van der Waals surface area contributed by atoms with Crippen LogP contribution in [0.3, 0.4) is 0 Å². The Morgan fingerprint density at radius 3 is 2.52 bits per heavy atom. The van der Waals surface area contributed by atoms with Crippen LogP contribution in [-0.2, 0) is 6.54 Å². The summed E-state index contributed by atoms with van der Waals surface area (Å²) in [7, 11) is 1.78. The number of benzene rings is 2. The third kappa shape index (κ3) is 3.76. The van der Waals surface area contributed by atoms with Gasteiger partial charge in [-0.2, -0.15) is 0 Å². The molecule has 0 spiro atoms. The Balaban J connectivity index is 2.19. The molecule has 0 aliphatic heterocycles. The summed E-state index contributed by atoms with van der Waals surface area (Å²) in [6, 6.07) is 11.1. The van der Waals surface area contributed by atoms with Gasteiger partial charge in [-0.3, -0.25) is 4.79 Å². The van der Waals surface area contributed by atoms with Crippen molar-refractivity contribution in [3.63, 3.8) is 0 Å². The minimum atomic E-state index is -0.0934. The lowest BCUT2D eigenvalue weighted by Crippen LogP contribution is -2.26. The average Bonchev–Trinajstić information content (AvgIpc) is 2.40. The summed E-state index contributed by atoms with van der Waals surface area (Å²) in [6.45, 7) is 4.66. The van der Waals surface area contributed by atoms with Crippen molar-refractivity contribution < 1.29 is 4.79 Å². The largest absolute Gasteiger partial charge is 0.399 e. The number of anilines is 1. The maximum atomic E-state index is 12.4. The molecule has 3 nitrogen and oxygen atoms in total. The summed E-state index contributed by atoms with van der Waals surface area (Å²) < 4.78 is 0. The molecule has 0 aliphatic rings. The summed E-state index contributed by atoms with van der Waals surface area (Å²) in [4.78, 5) is 14.1. The molecule has 0 atom stereocenters. The Labute approximate surface area is 130 Å². The van der Waals surface area contributed by atoms with Gasteiger partial charge >= 0.3 is 0 Å². The van der Waals surface area contributed by atoms with Gasteiger partial charge < -0.3 is 10.6 Å². The number of carbonyl (C=O) groups excluding carboxylic acids is 1. The molecule has 2 aromatic carbocycles. The van der Waals surface area contributed by atoms with E-state index in [0.717, 1.165) is 5.56 Å². The van der Waals surface area contributed by atoms with Crippen LogP contribution in [0.15, 0.2) is 36.4 Å². The molecule has 4 heteroatoms. The zero-order valence-electron chi connectivity index (χ0n) is 12.5. The number of nitrogens with two attached hydrogens (primary N) is 1. The Bertz CT molecular complexity index is 662. The van der Waals surface area contributed by atoms with Gasteiger partial charge in [0, 0.05) is 29.9 Å². The van der Waals surface area contributed by atoms with Crippen LogP contribution in [0.25, 0.3) is 0 Å². The first kappa shape index (κ1) is 15.4. The van der Waals surface area contributed by atoms with Gasteiger partial charge in [0.2, 0.25) is 0 Å². The zero-order chi connectivity index (χ0) is 15.6. The number of nitrogens with zero attached hydrogens (tertiary/aromatic N) is 1. The van der Waals surface area contributed by atoms with E-state index in [1.165, 1.54) is 11.1 Å². The summed E-state index contributed by atoms with van der Waals surface area (Å²) in [6.07, 6.45) is 0. The molecular weight excluding hydrogens is 284 g/mol. The van der Waals surface area contributed by atoms with E-state index in [9.17, 15) is 4.79 Å². The number of hydrogen-bond donors (Lipinski definition) is 1. The molecule has 0 saturated heterocycles. The van der Waals surface area contributed by atoms with Gasteiger partial charge in [0.25, 0.3) is 5.91 Å². The van der Waals surface area contributed by atoms with Gasteiger partial charge in [0.1, 0.15) is 0 Å². The highest BCUT2D eigenvalue weighted by molar-refractivity contribution is 6.31. The average molecular weight is 303 g/mol. The van der Waals surface area contributed by atoms with Crippen molar-refractivity contribution >= 4 is 23.2 Å². The minimum Gasteiger partial charge on any atom is -0.399 e. The molecular formula is C17H19ClN2O. The smallest absolute Gasteiger partial charge is 0.254 e. The molecule has 0 heterocycles. The van der Waals surface area contributed by atoms with E-state index in [2.05, 4.69) is 32.0 Å². The predicted molar refractivity (Wildman–Crippen MR) is 87.6 cm³/mol. The second-order valence-corrected chi connectivity index (χ2v) is 5.80. The summed E-state index contributed by atoms with van der Waals surface area (Å²) >= 11 is 5.95. The van der Waals surface area contributed by atoms with Crippen LogP contribution in [-0.4, -0.2) is 17.9 Å². The Morgan fingerprint density at radius 2 is 1.90 bits per heavy atom. The maximum Gasteiger partial charge on any atom is 0.254 e. The molecule has 0 saturated carbocycles. The monoisotopic (exact) mass is 302 g/mol. The van der Waals surface area contributed by atoms with Crippen LogP contribution >= 0.6 is 11.6 Å². The molecule has 2 aromatic rings. The van der Waals surface area contributed by atoms with Crippen LogP contribution in [0, 0.1) is 13.8 Å². The Hall–Kier alpha value is -2.00. The van der Waals surface area contributed by atoms with Crippen LogP contribution in [0.2, 0.25) is 5.02 Å². The molecule has 0 aliphatic carbocycles. The van der Waals surface area contributed by atoms with Crippen LogP contribution in [0.5, 0.6) is 0 Å². The lowest BCUT2D eigenvalue weighted by molar-refractivity contribution is 0.0785. The first-order chi connectivity index (χ1) is 9.86. The molecule has 21 heavy (non-hydrogen) atoms. The summed E-state index contributed by atoms with van der Waals surface area (Å²) in [5.41, 5.74) is 10.3. The number of carbonyl (C=O) groups is 1. The number of amides is 1. The van der Waals surface area contributed by atoms with Crippen molar-refractivity contribution in [2.45, 2.75) is 20.4 Å². The molecule has 0 fully saturated rings. The van der Waals surface area contributed by atoms with Crippen LogP contribution < -0.4 is 5.73 Å². The van der Waals surface area contributed by atoms with Crippen LogP contribution in [0.4, 0.5) is 5.69 Å². The Morgan fingerprint density at radius 1 is 1.19 bits per heavy atom. The van der Waals surface area contributed by atoms with Crippen molar-refractivity contribution in [3.8, 4) is 0 Å². The van der Waals surface area contributed by atoms with Gasteiger partial charge in [-0.25, -0.2) is 0 Å². The highest BCUT2D eigenvalue weighted by Crippen LogP contribution is 2.19. The summed E-state index contributed by atoms with van der Waals surface area (Å²) in [5.74, 6) is -0.0934. The topological polar surface area (TPSA) is 46.3 Å². The van der Waals surface area contributed by atoms with E-state index in [1.54, 1.807) is 30.1 Å². The third-order valence-electron chi connectivity index (χ3n) is 3.42. The quantitative estimate of drug-likeness (QED) is 0.876. The molecule has 0 unspecified atom stereocenters. The third-order valence-corrected chi connectivity index (χ3v) is 3.64. The predicted octanol–water partition coefficient (Wildman–Crippen LogP) is 3.81. The second kappa shape index (κ2) is 6.19. The molecule has 2 rings (SSSR count). The van der Waals surface area contributed by atoms with Crippen molar-refractivity contribution in [3.05, 3.63) is 63.7 Å². The van der Waals surface area contributed by atoms with Crippen molar-refractivity contribution in [2.75, 3.05) is 12.8 Å². The number of halogens is 1. The Kier molecular flexibility index (Phi) is 4.53. The maximum absolute atomic E-state index is 12.4. The zero-order valence-corrected chi connectivity index (χ0v) is 13.2. The van der Waals surface area contributed by atoms with Gasteiger partial charge in [0.15, 0.2) is 0 Å². The number of nitrogen functional groups attached to an aromatic ring is 1.